The minimum Gasteiger partial charge on any atom is -0.493 e. The average molecular weight is 413 g/mol. The summed E-state index contributed by atoms with van der Waals surface area (Å²) < 4.78 is 13.5. The van der Waals surface area contributed by atoms with E-state index in [1.807, 2.05) is 47.0 Å². The second-order valence-electron chi connectivity index (χ2n) is 5.83. The van der Waals surface area contributed by atoms with Crippen molar-refractivity contribution in [2.24, 2.45) is 4.99 Å². The molecule has 3 rings (SSSR count). The molecule has 0 aliphatic rings. The van der Waals surface area contributed by atoms with Crippen LogP contribution in [0.25, 0.3) is 10.2 Å². The predicted octanol–water partition coefficient (Wildman–Crippen LogP) is 3.71. The molecule has 0 fully saturated rings. The van der Waals surface area contributed by atoms with Crippen molar-refractivity contribution >= 4 is 39.2 Å². The normalized spacial score (nSPS) is 11.4. The van der Waals surface area contributed by atoms with Gasteiger partial charge in [0.2, 0.25) is 0 Å². The van der Waals surface area contributed by atoms with Gasteiger partial charge >= 0.3 is 0 Å². The minimum atomic E-state index is -0.183. The zero-order valence-electron chi connectivity index (χ0n) is 15.7. The number of carbonyl (C=O) groups is 1. The fourth-order valence-corrected chi connectivity index (χ4v) is 4.52. The number of hydrogen-bond acceptors (Lipinski definition) is 5. The van der Waals surface area contributed by atoms with Crippen molar-refractivity contribution in [2.75, 3.05) is 20.0 Å². The number of fused-ring (bicyclic) bond motifs is 1. The summed E-state index contributed by atoms with van der Waals surface area (Å²) in [6.07, 6.45) is 5.53. The van der Waals surface area contributed by atoms with Crippen LogP contribution in [0.5, 0.6) is 11.5 Å². The van der Waals surface area contributed by atoms with Crippen molar-refractivity contribution in [3.05, 3.63) is 52.8 Å². The average Bonchev–Trinajstić information content (AvgIpc) is 3.04. The molecule has 5 nitrogen and oxygen atoms in total. The van der Waals surface area contributed by atoms with E-state index in [9.17, 15) is 4.79 Å². The molecule has 0 aliphatic heterocycles. The molecule has 3 aromatic rings. The van der Waals surface area contributed by atoms with Gasteiger partial charge in [-0.05, 0) is 5.56 Å². The molecule has 144 valence electrons. The summed E-state index contributed by atoms with van der Waals surface area (Å²) in [5.74, 6) is 4.76. The molecule has 2 aromatic carbocycles. The van der Waals surface area contributed by atoms with Gasteiger partial charge in [0.05, 0.1) is 36.7 Å². The number of hydrogen-bond donors (Lipinski definition) is 0. The first-order valence-corrected chi connectivity index (χ1v) is 10.5. The minimum absolute atomic E-state index is 0.183. The Hall–Kier alpha value is -2.69. The SMILES string of the molecule is C#CCn1c(=NC(=O)CSCc2ccccc2)sc2cc(OC)c(OC)cc21. The molecular formula is C21H20N2O3S2. The third-order valence-electron chi connectivity index (χ3n) is 3.99. The number of ether oxygens (including phenoxy) is 2. The van der Waals surface area contributed by atoms with E-state index >= 15 is 0 Å². The zero-order chi connectivity index (χ0) is 19.9. The molecule has 0 bridgehead atoms. The second kappa shape index (κ2) is 9.49. The number of nitrogens with zero attached hydrogens (tertiary/aromatic N) is 2. The number of terminal acetylenes is 1. The Morgan fingerprint density at radius 2 is 1.93 bits per heavy atom. The number of benzene rings is 2. The van der Waals surface area contributed by atoms with E-state index in [0.29, 0.717) is 28.6 Å². The van der Waals surface area contributed by atoms with Gasteiger partial charge in [-0.25, -0.2) is 0 Å². The Morgan fingerprint density at radius 1 is 1.21 bits per heavy atom. The van der Waals surface area contributed by atoms with Crippen LogP contribution in [0.4, 0.5) is 0 Å². The summed E-state index contributed by atoms with van der Waals surface area (Å²) in [5, 5.41) is 0. The van der Waals surface area contributed by atoms with E-state index in [0.717, 1.165) is 16.0 Å². The number of carbonyl (C=O) groups excluding carboxylic acids is 1. The van der Waals surface area contributed by atoms with Gasteiger partial charge in [0, 0.05) is 17.9 Å². The first kappa shape index (κ1) is 20.1. The maximum absolute atomic E-state index is 12.4. The molecule has 0 N–H and O–H groups in total. The van der Waals surface area contributed by atoms with Crippen molar-refractivity contribution in [3.63, 3.8) is 0 Å². The van der Waals surface area contributed by atoms with Gasteiger partial charge in [-0.15, -0.1) is 18.2 Å². The number of thiazole rings is 1. The van der Waals surface area contributed by atoms with Gasteiger partial charge in [-0.3, -0.25) is 4.79 Å². The molecule has 1 heterocycles. The van der Waals surface area contributed by atoms with Crippen LogP contribution >= 0.6 is 23.1 Å². The van der Waals surface area contributed by atoms with Crippen LogP contribution in [-0.4, -0.2) is 30.4 Å². The van der Waals surface area contributed by atoms with Gasteiger partial charge in [0.1, 0.15) is 0 Å². The second-order valence-corrected chi connectivity index (χ2v) is 7.83. The Bertz CT molecular complexity index is 1080. The molecule has 0 saturated carbocycles. The van der Waals surface area contributed by atoms with Crippen molar-refractivity contribution in [2.45, 2.75) is 12.3 Å². The standard InChI is InChI=1S/C21H20N2O3S2/c1-4-10-23-16-11-17(25-2)18(26-3)12-19(16)28-21(23)22-20(24)14-27-13-15-8-6-5-7-9-15/h1,5-9,11-12H,10,13-14H2,2-3H3. The highest BCUT2D eigenvalue weighted by Crippen LogP contribution is 2.33. The van der Waals surface area contributed by atoms with Crippen LogP contribution in [0.3, 0.4) is 0 Å². The van der Waals surface area contributed by atoms with E-state index in [2.05, 4.69) is 10.9 Å². The van der Waals surface area contributed by atoms with E-state index in [4.69, 9.17) is 15.9 Å². The van der Waals surface area contributed by atoms with Crippen molar-refractivity contribution in [1.82, 2.24) is 4.57 Å². The number of amides is 1. The number of thioether (sulfide) groups is 1. The summed E-state index contributed by atoms with van der Waals surface area (Å²) in [4.78, 5) is 17.3. The molecule has 0 aliphatic carbocycles. The Kier molecular flexibility index (Phi) is 6.80. The summed E-state index contributed by atoms with van der Waals surface area (Å²) in [6.45, 7) is 0.318. The zero-order valence-corrected chi connectivity index (χ0v) is 17.3. The highest BCUT2D eigenvalue weighted by molar-refractivity contribution is 7.99. The van der Waals surface area contributed by atoms with Crippen molar-refractivity contribution in [3.8, 4) is 23.8 Å². The Morgan fingerprint density at radius 3 is 2.61 bits per heavy atom. The monoisotopic (exact) mass is 412 g/mol. The quantitative estimate of drug-likeness (QED) is 0.555. The summed E-state index contributed by atoms with van der Waals surface area (Å²) in [5.41, 5.74) is 2.05. The lowest BCUT2D eigenvalue weighted by atomic mass is 10.2. The molecule has 0 radical (unpaired) electrons. The lowest BCUT2D eigenvalue weighted by Crippen LogP contribution is -2.17. The van der Waals surface area contributed by atoms with E-state index in [1.165, 1.54) is 16.9 Å². The van der Waals surface area contributed by atoms with Crippen LogP contribution in [-0.2, 0) is 17.1 Å². The van der Waals surface area contributed by atoms with Gasteiger partial charge in [0.25, 0.3) is 5.91 Å². The van der Waals surface area contributed by atoms with E-state index < -0.39 is 0 Å². The molecule has 28 heavy (non-hydrogen) atoms. The van der Waals surface area contributed by atoms with Crippen LogP contribution in [0.1, 0.15) is 5.56 Å². The molecule has 7 heteroatoms. The largest absolute Gasteiger partial charge is 0.493 e. The molecule has 1 amide bonds. The Balaban J connectivity index is 1.86. The Labute approximate surface area is 172 Å². The van der Waals surface area contributed by atoms with Gasteiger partial charge in [-0.2, -0.15) is 4.99 Å². The highest BCUT2D eigenvalue weighted by atomic mass is 32.2. The smallest absolute Gasteiger partial charge is 0.258 e. The molecule has 0 spiro atoms. The summed E-state index contributed by atoms with van der Waals surface area (Å²) in [6, 6.07) is 13.8. The first-order valence-electron chi connectivity index (χ1n) is 8.54. The van der Waals surface area contributed by atoms with Crippen LogP contribution in [0.15, 0.2) is 47.5 Å². The number of rotatable bonds is 7. The van der Waals surface area contributed by atoms with Crippen molar-refractivity contribution in [1.29, 1.82) is 0 Å². The van der Waals surface area contributed by atoms with E-state index in [1.54, 1.807) is 26.0 Å². The van der Waals surface area contributed by atoms with Gasteiger partial charge in [-0.1, -0.05) is 47.6 Å². The lowest BCUT2D eigenvalue weighted by Gasteiger charge is -2.08. The number of aromatic nitrogens is 1. The molecule has 0 saturated heterocycles. The van der Waals surface area contributed by atoms with Gasteiger partial charge in [0.15, 0.2) is 16.3 Å². The van der Waals surface area contributed by atoms with Crippen molar-refractivity contribution < 1.29 is 14.3 Å². The van der Waals surface area contributed by atoms with Crippen LogP contribution in [0.2, 0.25) is 0 Å². The van der Waals surface area contributed by atoms with Crippen LogP contribution < -0.4 is 14.3 Å². The molecule has 1 aromatic heterocycles. The maximum Gasteiger partial charge on any atom is 0.258 e. The van der Waals surface area contributed by atoms with E-state index in [-0.39, 0.29) is 5.91 Å². The highest BCUT2D eigenvalue weighted by Gasteiger charge is 2.13. The third kappa shape index (κ3) is 4.58. The topological polar surface area (TPSA) is 52.8 Å². The first-order chi connectivity index (χ1) is 13.7. The van der Waals surface area contributed by atoms with Gasteiger partial charge < -0.3 is 14.0 Å². The third-order valence-corrected chi connectivity index (χ3v) is 6.02. The molecule has 0 unspecified atom stereocenters. The summed E-state index contributed by atoms with van der Waals surface area (Å²) >= 11 is 2.95. The molecule has 0 atom stereocenters. The van der Waals surface area contributed by atoms with Crippen LogP contribution in [0, 0.1) is 12.3 Å². The fourth-order valence-electron chi connectivity index (χ4n) is 2.70. The fraction of sp³-hybridized carbons (Fsp3) is 0.238. The lowest BCUT2D eigenvalue weighted by molar-refractivity contribution is -0.115. The maximum atomic E-state index is 12.4. The molecular weight excluding hydrogens is 392 g/mol. The summed E-state index contributed by atoms with van der Waals surface area (Å²) in [7, 11) is 3.17. The predicted molar refractivity (Wildman–Crippen MR) is 115 cm³/mol. The number of methoxy groups -OCH3 is 2.